The number of hydrogen-bond donors (Lipinski definition) is 1. The molecule has 0 bridgehead atoms. The normalized spacial score (nSPS) is 15.9. The van der Waals surface area contributed by atoms with Crippen LogP contribution in [0.3, 0.4) is 0 Å². The third kappa shape index (κ3) is 3.71. The van der Waals surface area contributed by atoms with Crippen LogP contribution in [0.25, 0.3) is 22.6 Å². The average Bonchev–Trinajstić information content (AvgIpc) is 3.24. The zero-order valence-electron chi connectivity index (χ0n) is 16.4. The minimum Gasteiger partial charge on any atom is -0.445 e. The highest BCUT2D eigenvalue weighted by atomic mass is 16.3. The van der Waals surface area contributed by atoms with E-state index in [-0.39, 0.29) is 6.03 Å². The van der Waals surface area contributed by atoms with Crippen LogP contribution in [0.4, 0.5) is 10.5 Å². The van der Waals surface area contributed by atoms with Crippen molar-refractivity contribution in [3.63, 3.8) is 0 Å². The van der Waals surface area contributed by atoms with Crippen LogP contribution in [0.15, 0.2) is 59.3 Å². The van der Waals surface area contributed by atoms with Gasteiger partial charge in [-0.2, -0.15) is 0 Å². The van der Waals surface area contributed by atoms with Gasteiger partial charge in [-0.3, -0.25) is 5.32 Å². The molecule has 2 aromatic carbocycles. The van der Waals surface area contributed by atoms with Gasteiger partial charge in [0.1, 0.15) is 6.26 Å². The van der Waals surface area contributed by atoms with E-state index in [1.807, 2.05) is 37.4 Å². The van der Waals surface area contributed by atoms with Crippen molar-refractivity contribution < 1.29 is 13.7 Å². The number of aromatic nitrogens is 1. The Kier molecular flexibility index (Phi) is 5.01. The number of carbonyl (C=O) groups excluding carboxylic acids is 1. The molecule has 0 radical (unpaired) electrons. The van der Waals surface area contributed by atoms with E-state index in [1.165, 1.54) is 12.0 Å². The highest BCUT2D eigenvalue weighted by Gasteiger charge is 2.33. The number of rotatable bonds is 3. The van der Waals surface area contributed by atoms with E-state index in [9.17, 15) is 4.79 Å². The number of hydrogen-bond acceptors (Lipinski definition) is 3. The van der Waals surface area contributed by atoms with Gasteiger partial charge in [-0.1, -0.05) is 18.2 Å². The lowest BCUT2D eigenvalue weighted by Gasteiger charge is -2.34. The van der Waals surface area contributed by atoms with Gasteiger partial charge in [-0.05, 0) is 67.1 Å². The van der Waals surface area contributed by atoms with Crippen molar-refractivity contribution in [3.05, 3.63) is 60.5 Å². The third-order valence-corrected chi connectivity index (χ3v) is 5.66. The molecule has 1 aliphatic heterocycles. The molecule has 1 aromatic heterocycles. The molecule has 2 heterocycles. The van der Waals surface area contributed by atoms with Gasteiger partial charge in [0.25, 0.3) is 0 Å². The lowest BCUT2D eigenvalue weighted by atomic mass is 9.98. The Morgan fingerprint density at radius 2 is 1.75 bits per heavy atom. The Hall–Kier alpha value is -2.92. The summed E-state index contributed by atoms with van der Waals surface area (Å²) in [4.78, 5) is 17.0. The number of anilines is 1. The number of oxazole rings is 1. The smallest absolute Gasteiger partial charge is 0.420 e. The summed E-state index contributed by atoms with van der Waals surface area (Å²) in [7, 11) is 2.03. The van der Waals surface area contributed by atoms with Crippen LogP contribution in [0, 0.1) is 6.92 Å². The van der Waals surface area contributed by atoms with E-state index in [2.05, 4.69) is 29.4 Å². The standard InChI is InChI=1S/C23H25N3O2/c1-17-6-7-19(22-24-12-15-28-22)16-21(17)18-8-10-20(11-9-18)25-23(27)26(2)13-4-3-5-14-26/h6-12,15-16H,3-5,13-14H2,1-2H3/p+1. The molecule has 1 fully saturated rings. The SMILES string of the molecule is Cc1ccc(-c2ncco2)cc1-c1ccc(NC(=O)[N+]2(C)CCCCC2)cc1. The Morgan fingerprint density at radius 1 is 1.04 bits per heavy atom. The van der Waals surface area contributed by atoms with Gasteiger partial charge >= 0.3 is 6.03 Å². The molecule has 2 amide bonds. The fraction of sp³-hybridized carbons (Fsp3) is 0.304. The van der Waals surface area contributed by atoms with Crippen LogP contribution in [0.2, 0.25) is 0 Å². The van der Waals surface area contributed by atoms with Crippen LogP contribution in [-0.4, -0.2) is 35.6 Å². The van der Waals surface area contributed by atoms with E-state index in [1.54, 1.807) is 12.5 Å². The van der Waals surface area contributed by atoms with Crippen LogP contribution in [0.5, 0.6) is 0 Å². The molecule has 0 saturated carbocycles. The van der Waals surface area contributed by atoms with Crippen molar-refractivity contribution in [3.8, 4) is 22.6 Å². The minimum absolute atomic E-state index is 0.0783. The van der Waals surface area contributed by atoms with Crippen LogP contribution < -0.4 is 5.32 Å². The Balaban J connectivity index is 1.53. The van der Waals surface area contributed by atoms with Gasteiger partial charge in [0, 0.05) is 11.3 Å². The second-order valence-electron chi connectivity index (χ2n) is 7.78. The number of amides is 2. The lowest BCUT2D eigenvalue weighted by Crippen LogP contribution is -2.54. The monoisotopic (exact) mass is 376 g/mol. The maximum Gasteiger partial charge on any atom is 0.420 e. The van der Waals surface area contributed by atoms with Crippen molar-refractivity contribution in [1.82, 2.24) is 4.98 Å². The lowest BCUT2D eigenvalue weighted by molar-refractivity contribution is -0.833. The van der Waals surface area contributed by atoms with Gasteiger partial charge in [0.05, 0.1) is 26.3 Å². The molecular formula is C23H26N3O2+. The van der Waals surface area contributed by atoms with Gasteiger partial charge in [-0.15, -0.1) is 0 Å². The number of nitrogens with zero attached hydrogens (tertiary/aromatic N) is 2. The highest BCUT2D eigenvalue weighted by molar-refractivity contribution is 5.85. The number of benzene rings is 2. The molecule has 0 unspecified atom stereocenters. The van der Waals surface area contributed by atoms with Crippen molar-refractivity contribution in [1.29, 1.82) is 0 Å². The summed E-state index contributed by atoms with van der Waals surface area (Å²) < 4.78 is 5.89. The van der Waals surface area contributed by atoms with E-state index in [4.69, 9.17) is 4.42 Å². The molecule has 5 nitrogen and oxygen atoms in total. The van der Waals surface area contributed by atoms with Crippen LogP contribution in [-0.2, 0) is 0 Å². The number of quaternary nitrogens is 1. The first kappa shape index (κ1) is 18.4. The van der Waals surface area contributed by atoms with Crippen LogP contribution >= 0.6 is 0 Å². The van der Waals surface area contributed by atoms with E-state index < -0.39 is 0 Å². The summed E-state index contributed by atoms with van der Waals surface area (Å²) in [5.74, 6) is 0.614. The molecule has 144 valence electrons. The molecule has 3 aromatic rings. The molecule has 0 aliphatic carbocycles. The highest BCUT2D eigenvalue weighted by Crippen LogP contribution is 2.30. The van der Waals surface area contributed by atoms with Crippen molar-refractivity contribution in [2.45, 2.75) is 26.2 Å². The van der Waals surface area contributed by atoms with Gasteiger partial charge in [0.2, 0.25) is 5.89 Å². The Bertz CT molecular complexity index is 956. The largest absolute Gasteiger partial charge is 0.445 e. The first-order valence-corrected chi connectivity index (χ1v) is 9.82. The van der Waals surface area contributed by atoms with Crippen LogP contribution in [0.1, 0.15) is 24.8 Å². The topological polar surface area (TPSA) is 55.1 Å². The number of carbonyl (C=O) groups is 1. The van der Waals surface area contributed by atoms with Gasteiger partial charge in [-0.25, -0.2) is 14.3 Å². The molecular weight excluding hydrogens is 350 g/mol. The molecule has 1 N–H and O–H groups in total. The quantitative estimate of drug-likeness (QED) is 0.616. The molecule has 28 heavy (non-hydrogen) atoms. The number of piperidine rings is 1. The third-order valence-electron chi connectivity index (χ3n) is 5.66. The molecule has 4 rings (SSSR count). The second kappa shape index (κ2) is 7.60. The fourth-order valence-electron chi connectivity index (χ4n) is 3.84. The van der Waals surface area contributed by atoms with Gasteiger partial charge in [0.15, 0.2) is 0 Å². The maximum atomic E-state index is 12.7. The van der Waals surface area contributed by atoms with Crippen molar-refractivity contribution in [2.75, 3.05) is 25.5 Å². The summed E-state index contributed by atoms with van der Waals surface area (Å²) >= 11 is 0. The molecule has 1 saturated heterocycles. The number of nitrogens with one attached hydrogen (secondary N) is 1. The van der Waals surface area contributed by atoms with Gasteiger partial charge < -0.3 is 4.42 Å². The minimum atomic E-state index is 0.0783. The molecule has 1 aliphatic rings. The maximum absolute atomic E-state index is 12.7. The average molecular weight is 376 g/mol. The number of likely N-dealkylation sites (tertiary alicyclic amines) is 1. The summed E-state index contributed by atoms with van der Waals surface area (Å²) in [6.07, 6.45) is 6.68. The zero-order chi connectivity index (χ0) is 19.6. The van der Waals surface area contributed by atoms with Crippen molar-refractivity contribution >= 4 is 11.7 Å². The first-order chi connectivity index (χ1) is 13.5. The Labute approximate surface area is 165 Å². The van der Waals surface area contributed by atoms with E-state index in [0.717, 1.165) is 48.3 Å². The summed E-state index contributed by atoms with van der Waals surface area (Å²) in [6.45, 7) is 3.92. The van der Waals surface area contributed by atoms with E-state index >= 15 is 0 Å². The Morgan fingerprint density at radius 3 is 2.43 bits per heavy atom. The zero-order valence-corrected chi connectivity index (χ0v) is 16.4. The second-order valence-corrected chi connectivity index (χ2v) is 7.78. The fourth-order valence-corrected chi connectivity index (χ4v) is 3.84. The molecule has 0 spiro atoms. The summed E-state index contributed by atoms with van der Waals surface area (Å²) in [6, 6.07) is 14.3. The van der Waals surface area contributed by atoms with Crippen molar-refractivity contribution in [2.24, 2.45) is 0 Å². The molecule has 0 atom stereocenters. The predicted octanol–water partition coefficient (Wildman–Crippen LogP) is 5.48. The number of urea groups is 1. The number of aryl methyl sites for hydroxylation is 1. The summed E-state index contributed by atoms with van der Waals surface area (Å²) in [5.41, 5.74) is 5.19. The molecule has 5 heteroatoms. The summed E-state index contributed by atoms with van der Waals surface area (Å²) in [5, 5.41) is 3.09. The predicted molar refractivity (Wildman–Crippen MR) is 111 cm³/mol. The first-order valence-electron chi connectivity index (χ1n) is 9.82. The van der Waals surface area contributed by atoms with E-state index in [0.29, 0.717) is 10.4 Å².